The molecule has 1 aliphatic rings. The van der Waals surface area contributed by atoms with E-state index >= 15 is 0 Å². The van der Waals surface area contributed by atoms with Gasteiger partial charge in [-0.3, -0.25) is 0 Å². The van der Waals surface area contributed by atoms with Crippen molar-refractivity contribution in [2.75, 3.05) is 7.05 Å². The SMILES string of the molecule is CNC(=S)NC1CCc2ccccc2C1. The molecule has 0 aliphatic heterocycles. The van der Waals surface area contributed by atoms with Crippen LogP contribution in [0.5, 0.6) is 0 Å². The fourth-order valence-corrected chi connectivity index (χ4v) is 2.25. The van der Waals surface area contributed by atoms with Gasteiger partial charge in [0, 0.05) is 13.1 Å². The maximum Gasteiger partial charge on any atom is 0.166 e. The van der Waals surface area contributed by atoms with E-state index in [1.807, 2.05) is 7.05 Å². The second-order valence-corrected chi connectivity index (χ2v) is 4.34. The van der Waals surface area contributed by atoms with E-state index in [1.165, 1.54) is 17.5 Å². The van der Waals surface area contributed by atoms with Gasteiger partial charge in [0.2, 0.25) is 0 Å². The Morgan fingerprint density at radius 2 is 2.07 bits per heavy atom. The second kappa shape index (κ2) is 4.62. The van der Waals surface area contributed by atoms with Crippen molar-refractivity contribution in [2.24, 2.45) is 0 Å². The van der Waals surface area contributed by atoms with Crippen LogP contribution in [0, 0.1) is 0 Å². The zero-order valence-corrected chi connectivity index (χ0v) is 9.73. The molecule has 0 aromatic heterocycles. The first-order valence-corrected chi connectivity index (χ1v) is 5.75. The maximum atomic E-state index is 5.11. The average Bonchev–Trinajstić information content (AvgIpc) is 2.29. The maximum absolute atomic E-state index is 5.11. The molecule has 1 atom stereocenters. The van der Waals surface area contributed by atoms with E-state index in [4.69, 9.17) is 12.2 Å². The highest BCUT2D eigenvalue weighted by molar-refractivity contribution is 7.80. The third kappa shape index (κ3) is 2.48. The Morgan fingerprint density at radius 1 is 1.33 bits per heavy atom. The van der Waals surface area contributed by atoms with Gasteiger partial charge in [-0.25, -0.2) is 0 Å². The Kier molecular flexibility index (Phi) is 3.21. The molecule has 0 radical (unpaired) electrons. The first-order valence-electron chi connectivity index (χ1n) is 5.34. The lowest BCUT2D eigenvalue weighted by Crippen LogP contribution is -2.43. The molecular formula is C12H16N2S. The molecule has 1 aromatic carbocycles. The Balaban J connectivity index is 2.02. The second-order valence-electron chi connectivity index (χ2n) is 3.93. The Hall–Kier alpha value is -1.09. The molecule has 3 heteroatoms. The van der Waals surface area contributed by atoms with E-state index in [0.29, 0.717) is 6.04 Å². The summed E-state index contributed by atoms with van der Waals surface area (Å²) in [7, 11) is 1.85. The standard InChI is InChI=1S/C12H16N2S/c1-13-12(15)14-11-7-6-9-4-2-3-5-10(9)8-11/h2-5,11H,6-8H2,1H3,(H2,13,14,15). The summed E-state index contributed by atoms with van der Waals surface area (Å²) in [4.78, 5) is 0. The van der Waals surface area contributed by atoms with Gasteiger partial charge in [-0.15, -0.1) is 0 Å². The third-order valence-corrected chi connectivity index (χ3v) is 3.23. The fraction of sp³-hybridized carbons (Fsp3) is 0.417. The van der Waals surface area contributed by atoms with Gasteiger partial charge in [0.1, 0.15) is 0 Å². The number of rotatable bonds is 1. The third-order valence-electron chi connectivity index (χ3n) is 2.91. The van der Waals surface area contributed by atoms with Crippen molar-refractivity contribution in [1.82, 2.24) is 10.6 Å². The van der Waals surface area contributed by atoms with E-state index in [-0.39, 0.29) is 0 Å². The summed E-state index contributed by atoms with van der Waals surface area (Å²) in [5.74, 6) is 0. The van der Waals surface area contributed by atoms with Crippen molar-refractivity contribution in [3.8, 4) is 0 Å². The van der Waals surface area contributed by atoms with Gasteiger partial charge in [-0.1, -0.05) is 24.3 Å². The molecule has 0 fully saturated rings. The smallest absolute Gasteiger partial charge is 0.166 e. The summed E-state index contributed by atoms with van der Waals surface area (Å²) >= 11 is 5.11. The molecule has 0 heterocycles. The van der Waals surface area contributed by atoms with Crippen molar-refractivity contribution in [3.63, 3.8) is 0 Å². The molecular weight excluding hydrogens is 204 g/mol. The van der Waals surface area contributed by atoms with Gasteiger partial charge in [0.15, 0.2) is 5.11 Å². The summed E-state index contributed by atoms with van der Waals surface area (Å²) in [6.07, 6.45) is 3.40. The van der Waals surface area contributed by atoms with Gasteiger partial charge < -0.3 is 10.6 Å². The lowest BCUT2D eigenvalue weighted by molar-refractivity contribution is 0.527. The summed E-state index contributed by atoms with van der Waals surface area (Å²) < 4.78 is 0. The normalized spacial score (nSPS) is 19.1. The highest BCUT2D eigenvalue weighted by Gasteiger charge is 2.17. The molecule has 2 rings (SSSR count). The van der Waals surface area contributed by atoms with Crippen molar-refractivity contribution in [3.05, 3.63) is 35.4 Å². The minimum atomic E-state index is 0.486. The van der Waals surface area contributed by atoms with E-state index < -0.39 is 0 Å². The van der Waals surface area contributed by atoms with Gasteiger partial charge in [-0.05, 0) is 42.6 Å². The van der Waals surface area contributed by atoms with Crippen molar-refractivity contribution in [2.45, 2.75) is 25.3 Å². The molecule has 0 bridgehead atoms. The number of hydrogen-bond donors (Lipinski definition) is 2. The van der Waals surface area contributed by atoms with Gasteiger partial charge in [0.25, 0.3) is 0 Å². The summed E-state index contributed by atoms with van der Waals surface area (Å²) in [5.41, 5.74) is 2.95. The molecule has 2 N–H and O–H groups in total. The van der Waals surface area contributed by atoms with Crippen LogP contribution in [-0.2, 0) is 12.8 Å². The van der Waals surface area contributed by atoms with Gasteiger partial charge in [0.05, 0.1) is 0 Å². The predicted octanol–water partition coefficient (Wildman–Crippen LogP) is 1.64. The minimum Gasteiger partial charge on any atom is -0.366 e. The molecule has 80 valence electrons. The predicted molar refractivity (Wildman–Crippen MR) is 67.0 cm³/mol. The Labute approximate surface area is 96.1 Å². The lowest BCUT2D eigenvalue weighted by Gasteiger charge is -2.26. The highest BCUT2D eigenvalue weighted by Crippen LogP contribution is 2.20. The molecule has 0 spiro atoms. The molecule has 1 aromatic rings. The number of benzene rings is 1. The summed E-state index contributed by atoms with van der Waals surface area (Å²) in [5, 5.41) is 7.04. The van der Waals surface area contributed by atoms with Crippen molar-refractivity contribution in [1.29, 1.82) is 0 Å². The Morgan fingerprint density at radius 3 is 2.80 bits per heavy atom. The molecule has 0 saturated carbocycles. The molecule has 15 heavy (non-hydrogen) atoms. The monoisotopic (exact) mass is 220 g/mol. The first-order chi connectivity index (χ1) is 7.29. The molecule has 0 saturated heterocycles. The summed E-state index contributed by atoms with van der Waals surface area (Å²) in [6.45, 7) is 0. The zero-order chi connectivity index (χ0) is 10.7. The van der Waals surface area contributed by atoms with E-state index in [2.05, 4.69) is 34.9 Å². The number of aryl methyl sites for hydroxylation is 1. The Bertz CT molecular complexity index is 362. The zero-order valence-electron chi connectivity index (χ0n) is 8.92. The average molecular weight is 220 g/mol. The number of nitrogens with one attached hydrogen (secondary N) is 2. The summed E-state index contributed by atoms with van der Waals surface area (Å²) in [6, 6.07) is 9.15. The van der Waals surface area contributed by atoms with Gasteiger partial charge in [-0.2, -0.15) is 0 Å². The highest BCUT2D eigenvalue weighted by atomic mass is 32.1. The molecule has 2 nitrogen and oxygen atoms in total. The van der Waals surface area contributed by atoms with Crippen molar-refractivity contribution >= 4 is 17.3 Å². The first kappa shape index (κ1) is 10.4. The number of hydrogen-bond acceptors (Lipinski definition) is 1. The van der Waals surface area contributed by atoms with Crippen LogP contribution >= 0.6 is 12.2 Å². The number of fused-ring (bicyclic) bond motifs is 1. The van der Waals surface area contributed by atoms with Crippen LogP contribution in [0.2, 0.25) is 0 Å². The van der Waals surface area contributed by atoms with Crippen LogP contribution < -0.4 is 10.6 Å². The van der Waals surface area contributed by atoms with Crippen LogP contribution in [0.3, 0.4) is 0 Å². The quantitative estimate of drug-likeness (QED) is 0.704. The fourth-order valence-electron chi connectivity index (χ4n) is 2.08. The van der Waals surface area contributed by atoms with Gasteiger partial charge >= 0.3 is 0 Å². The topological polar surface area (TPSA) is 24.1 Å². The molecule has 1 unspecified atom stereocenters. The van der Waals surface area contributed by atoms with Crippen LogP contribution in [0.15, 0.2) is 24.3 Å². The van der Waals surface area contributed by atoms with E-state index in [0.717, 1.165) is 18.0 Å². The van der Waals surface area contributed by atoms with Crippen LogP contribution in [0.25, 0.3) is 0 Å². The van der Waals surface area contributed by atoms with Crippen LogP contribution in [0.4, 0.5) is 0 Å². The van der Waals surface area contributed by atoms with Crippen LogP contribution in [-0.4, -0.2) is 18.2 Å². The minimum absolute atomic E-state index is 0.486. The number of thiocarbonyl (C=S) groups is 1. The largest absolute Gasteiger partial charge is 0.366 e. The van der Waals surface area contributed by atoms with Crippen molar-refractivity contribution < 1.29 is 0 Å². The van der Waals surface area contributed by atoms with E-state index in [9.17, 15) is 0 Å². The molecule has 1 aliphatic carbocycles. The van der Waals surface area contributed by atoms with Crippen LogP contribution in [0.1, 0.15) is 17.5 Å². The molecule has 0 amide bonds. The van der Waals surface area contributed by atoms with E-state index in [1.54, 1.807) is 0 Å². The lowest BCUT2D eigenvalue weighted by atomic mass is 9.88.